The van der Waals surface area contributed by atoms with Gasteiger partial charge in [-0.1, -0.05) is 208 Å². The molecule has 0 saturated heterocycles. The van der Waals surface area contributed by atoms with Crippen LogP contribution in [0, 0.1) is 0 Å². The minimum atomic E-state index is -0.438. The maximum atomic E-state index is 5.29. The van der Waals surface area contributed by atoms with E-state index in [1.54, 1.807) is 0 Å². The van der Waals surface area contributed by atoms with E-state index in [1.807, 2.05) is 24.3 Å². The minimum absolute atomic E-state index is 0.140. The minimum Gasteiger partial charge on any atom is -0.208 e. The van der Waals surface area contributed by atoms with Crippen LogP contribution in [-0.4, -0.2) is 15.0 Å². The van der Waals surface area contributed by atoms with Crippen molar-refractivity contribution in [3.63, 3.8) is 0 Å². The Morgan fingerprint density at radius 3 is 1.24 bits per heavy atom. The third-order valence-corrected chi connectivity index (χ3v) is 12.5. The van der Waals surface area contributed by atoms with E-state index in [9.17, 15) is 0 Å². The Labute approximate surface area is 339 Å². The fraction of sp³-hybridized carbons (Fsp3) is 0.0727. The van der Waals surface area contributed by atoms with Gasteiger partial charge in [0.15, 0.2) is 17.5 Å². The summed E-state index contributed by atoms with van der Waals surface area (Å²) in [4.78, 5) is 15.6. The Kier molecular flexibility index (Phi) is 7.74. The predicted octanol–water partition coefficient (Wildman–Crippen LogP) is 13.2. The molecule has 8 aromatic carbocycles. The molecule has 0 atom stereocenters. The Bertz CT molecular complexity index is 2990. The molecule has 2 aliphatic carbocycles. The zero-order valence-corrected chi connectivity index (χ0v) is 32.4. The van der Waals surface area contributed by atoms with Crippen LogP contribution in [0.5, 0.6) is 0 Å². The quantitative estimate of drug-likeness (QED) is 0.176. The zero-order valence-electron chi connectivity index (χ0n) is 32.4. The Hall–Kier alpha value is -7.23. The molecule has 2 aliphatic rings. The van der Waals surface area contributed by atoms with Crippen LogP contribution in [0.25, 0.3) is 67.5 Å². The molecule has 11 rings (SSSR count). The molecule has 9 aromatic rings. The molecule has 0 radical (unpaired) electrons. The number of hydrogen-bond donors (Lipinski definition) is 0. The molecular weight excluding hydrogens is 703 g/mol. The van der Waals surface area contributed by atoms with Crippen molar-refractivity contribution < 1.29 is 0 Å². The van der Waals surface area contributed by atoms with E-state index < -0.39 is 5.41 Å². The number of aromatic nitrogens is 3. The van der Waals surface area contributed by atoms with Crippen molar-refractivity contribution in [2.45, 2.75) is 24.7 Å². The Balaban J connectivity index is 1.12. The Morgan fingerprint density at radius 2 is 0.672 bits per heavy atom. The summed E-state index contributed by atoms with van der Waals surface area (Å²) in [6.45, 7) is 4.74. The van der Waals surface area contributed by atoms with Crippen molar-refractivity contribution in [2.24, 2.45) is 0 Å². The first-order valence-corrected chi connectivity index (χ1v) is 20.0. The molecule has 3 nitrogen and oxygen atoms in total. The highest BCUT2D eigenvalue weighted by Gasteiger charge is 2.53. The van der Waals surface area contributed by atoms with Crippen LogP contribution >= 0.6 is 0 Å². The summed E-state index contributed by atoms with van der Waals surface area (Å²) < 4.78 is 0. The van der Waals surface area contributed by atoms with E-state index in [1.165, 1.54) is 44.5 Å². The molecule has 0 bridgehead atoms. The third kappa shape index (κ3) is 5.03. The first-order chi connectivity index (χ1) is 28.5. The fourth-order valence-corrected chi connectivity index (χ4v) is 9.84. The molecular formula is C55H39N3. The van der Waals surface area contributed by atoms with Crippen molar-refractivity contribution in [2.75, 3.05) is 0 Å². The van der Waals surface area contributed by atoms with E-state index in [2.05, 4.69) is 190 Å². The molecule has 0 saturated carbocycles. The fourth-order valence-electron chi connectivity index (χ4n) is 9.84. The van der Waals surface area contributed by atoms with Gasteiger partial charge in [-0.2, -0.15) is 0 Å². The van der Waals surface area contributed by atoms with Crippen LogP contribution in [-0.2, 0) is 10.8 Å². The highest BCUT2D eigenvalue weighted by Crippen LogP contribution is 2.62. The van der Waals surface area contributed by atoms with Gasteiger partial charge >= 0.3 is 0 Å². The van der Waals surface area contributed by atoms with Gasteiger partial charge in [-0.25, -0.2) is 15.0 Å². The molecule has 0 unspecified atom stereocenters. The molecule has 1 heterocycles. The SMILES string of the molecule is CC1(C)c2ccccc2C2(c3ccccc3-c3cc(-c4ccccc4-c4nc(-c5ccccc5)nc(-c5ccccc5-c5ccccc5)n4)ccc32)c2ccccc21. The Morgan fingerprint density at radius 1 is 0.276 bits per heavy atom. The second kappa shape index (κ2) is 13.2. The largest absolute Gasteiger partial charge is 0.208 e. The van der Waals surface area contributed by atoms with E-state index in [0.717, 1.165) is 38.9 Å². The monoisotopic (exact) mass is 741 g/mol. The van der Waals surface area contributed by atoms with Crippen LogP contribution in [0.4, 0.5) is 0 Å². The summed E-state index contributed by atoms with van der Waals surface area (Å²) in [6.07, 6.45) is 0. The number of rotatable bonds is 5. The van der Waals surface area contributed by atoms with Crippen molar-refractivity contribution in [3.8, 4) is 67.5 Å². The van der Waals surface area contributed by atoms with E-state index in [-0.39, 0.29) is 5.41 Å². The lowest BCUT2D eigenvalue weighted by Crippen LogP contribution is -2.40. The molecule has 3 heteroatoms. The second-order valence-electron chi connectivity index (χ2n) is 15.9. The van der Waals surface area contributed by atoms with Gasteiger partial charge in [-0.3, -0.25) is 0 Å². The molecule has 0 aliphatic heterocycles. The summed E-state index contributed by atoms with van der Waals surface area (Å²) in [7, 11) is 0. The highest BCUT2D eigenvalue weighted by atomic mass is 15.0. The average molecular weight is 742 g/mol. The van der Waals surface area contributed by atoms with Gasteiger partial charge in [0.2, 0.25) is 0 Å². The van der Waals surface area contributed by atoms with Crippen molar-refractivity contribution >= 4 is 0 Å². The van der Waals surface area contributed by atoms with Crippen LogP contribution in [0.3, 0.4) is 0 Å². The maximum absolute atomic E-state index is 5.29. The van der Waals surface area contributed by atoms with Gasteiger partial charge in [-0.05, 0) is 72.8 Å². The number of nitrogens with zero attached hydrogens (tertiary/aromatic N) is 3. The van der Waals surface area contributed by atoms with Gasteiger partial charge in [0, 0.05) is 22.1 Å². The maximum Gasteiger partial charge on any atom is 0.164 e. The van der Waals surface area contributed by atoms with Gasteiger partial charge < -0.3 is 0 Å². The standard InChI is InChI=1S/C55H39N3/c1-54(2)47-29-15-17-31-49(47)55(50-32-18-16-30-48(50)54)45-28-14-13-25-41(45)44-35-38(33-34-46(44)55)40-24-10-12-27-43(40)53-57-51(37-21-7-4-8-22-37)56-52(58-53)42-26-11-9-23-39(42)36-19-5-3-6-20-36/h3-35H,1-2H3. The molecule has 0 N–H and O–H groups in total. The van der Waals surface area contributed by atoms with Gasteiger partial charge in [-0.15, -0.1) is 0 Å². The van der Waals surface area contributed by atoms with Gasteiger partial charge in [0.25, 0.3) is 0 Å². The molecule has 0 amide bonds. The first-order valence-electron chi connectivity index (χ1n) is 20.0. The summed E-state index contributed by atoms with van der Waals surface area (Å²) in [5.74, 6) is 1.91. The van der Waals surface area contributed by atoms with Crippen molar-refractivity contribution in [3.05, 3.63) is 234 Å². The number of fused-ring (bicyclic) bond motifs is 9. The summed E-state index contributed by atoms with van der Waals surface area (Å²) >= 11 is 0. The number of hydrogen-bond acceptors (Lipinski definition) is 3. The molecule has 58 heavy (non-hydrogen) atoms. The van der Waals surface area contributed by atoms with Crippen molar-refractivity contribution in [1.82, 2.24) is 15.0 Å². The smallest absolute Gasteiger partial charge is 0.164 e. The van der Waals surface area contributed by atoms with E-state index in [0.29, 0.717) is 17.5 Å². The molecule has 1 spiro atoms. The van der Waals surface area contributed by atoms with Crippen LogP contribution in [0.1, 0.15) is 47.2 Å². The third-order valence-electron chi connectivity index (χ3n) is 12.5. The summed E-state index contributed by atoms with van der Waals surface area (Å²) in [5, 5.41) is 0. The molecule has 274 valence electrons. The summed E-state index contributed by atoms with van der Waals surface area (Å²) in [5.41, 5.74) is 17.3. The normalized spacial score (nSPS) is 14.0. The van der Waals surface area contributed by atoms with Crippen LogP contribution in [0.2, 0.25) is 0 Å². The molecule has 1 aromatic heterocycles. The predicted molar refractivity (Wildman–Crippen MR) is 236 cm³/mol. The second-order valence-corrected chi connectivity index (χ2v) is 15.9. The van der Waals surface area contributed by atoms with E-state index in [4.69, 9.17) is 15.0 Å². The van der Waals surface area contributed by atoms with Crippen molar-refractivity contribution in [1.29, 1.82) is 0 Å². The molecule has 0 fully saturated rings. The lowest BCUT2D eigenvalue weighted by molar-refractivity contribution is 0.563. The zero-order chi connectivity index (χ0) is 38.8. The average Bonchev–Trinajstić information content (AvgIpc) is 3.59. The summed E-state index contributed by atoms with van der Waals surface area (Å²) in [6, 6.07) is 71.9. The van der Waals surface area contributed by atoms with Gasteiger partial charge in [0.1, 0.15) is 0 Å². The van der Waals surface area contributed by atoms with Crippen LogP contribution in [0.15, 0.2) is 200 Å². The topological polar surface area (TPSA) is 38.7 Å². The lowest BCUT2D eigenvalue weighted by Gasteiger charge is -2.46. The van der Waals surface area contributed by atoms with E-state index >= 15 is 0 Å². The first kappa shape index (κ1) is 34.1. The number of benzene rings is 8. The van der Waals surface area contributed by atoms with Gasteiger partial charge in [0.05, 0.1) is 5.41 Å². The highest BCUT2D eigenvalue weighted by molar-refractivity contribution is 5.92. The lowest BCUT2D eigenvalue weighted by atomic mass is 9.55. The van der Waals surface area contributed by atoms with Crippen LogP contribution < -0.4 is 0 Å².